The highest BCUT2D eigenvalue weighted by molar-refractivity contribution is 7.22. The molecule has 0 atom stereocenters. The average molecular weight is 547 g/mol. The first-order valence-electron chi connectivity index (χ1n) is 13.2. The van der Waals surface area contributed by atoms with Gasteiger partial charge in [-0.25, -0.2) is 9.97 Å². The number of halogens is 1. The Balaban J connectivity index is 1.31. The van der Waals surface area contributed by atoms with E-state index in [2.05, 4.69) is 25.4 Å². The van der Waals surface area contributed by atoms with Crippen LogP contribution in [0, 0.1) is 0 Å². The SMILES string of the molecule is CN(C)c1nc2cc(-n3cnc4cc(-c5ccc(Cl)cc5)sc4c3=O)ccc2n1CCCN1CCCCC1. The van der Waals surface area contributed by atoms with E-state index < -0.39 is 0 Å². The second-order valence-electron chi connectivity index (χ2n) is 10.1. The third-order valence-corrected chi connectivity index (χ3v) is 8.67. The van der Waals surface area contributed by atoms with Crippen LogP contribution in [0.3, 0.4) is 0 Å². The maximum Gasteiger partial charge on any atom is 0.275 e. The Morgan fingerprint density at radius 3 is 2.53 bits per heavy atom. The Morgan fingerprint density at radius 2 is 1.76 bits per heavy atom. The van der Waals surface area contributed by atoms with Crippen LogP contribution in [0.15, 0.2) is 59.7 Å². The van der Waals surface area contributed by atoms with E-state index in [-0.39, 0.29) is 5.56 Å². The van der Waals surface area contributed by atoms with E-state index in [1.54, 1.807) is 10.9 Å². The molecule has 196 valence electrons. The third-order valence-electron chi connectivity index (χ3n) is 7.26. The van der Waals surface area contributed by atoms with Crippen LogP contribution in [-0.2, 0) is 6.54 Å². The maximum absolute atomic E-state index is 13.5. The number of piperidine rings is 1. The molecule has 1 saturated heterocycles. The molecule has 0 amide bonds. The molecule has 0 bridgehead atoms. The maximum atomic E-state index is 13.5. The molecule has 1 aliphatic rings. The van der Waals surface area contributed by atoms with Gasteiger partial charge in [-0.3, -0.25) is 9.36 Å². The van der Waals surface area contributed by atoms with Gasteiger partial charge in [0.1, 0.15) is 11.0 Å². The molecular formula is C29H31ClN6OS. The van der Waals surface area contributed by atoms with E-state index in [1.165, 1.54) is 43.7 Å². The molecule has 1 fully saturated rings. The van der Waals surface area contributed by atoms with Crippen molar-refractivity contribution in [1.29, 1.82) is 0 Å². The van der Waals surface area contributed by atoms with Crippen LogP contribution in [0.25, 0.3) is 37.4 Å². The quantitative estimate of drug-likeness (QED) is 0.248. The topological polar surface area (TPSA) is 59.2 Å². The summed E-state index contributed by atoms with van der Waals surface area (Å²) in [5, 5.41) is 0.688. The molecule has 38 heavy (non-hydrogen) atoms. The van der Waals surface area contributed by atoms with Crippen molar-refractivity contribution < 1.29 is 0 Å². The lowest BCUT2D eigenvalue weighted by Crippen LogP contribution is -2.31. The number of benzene rings is 2. The second-order valence-corrected chi connectivity index (χ2v) is 11.6. The van der Waals surface area contributed by atoms with Crippen molar-refractivity contribution in [2.75, 3.05) is 38.6 Å². The van der Waals surface area contributed by atoms with E-state index in [0.29, 0.717) is 15.2 Å². The number of aryl methyl sites for hydroxylation is 1. The minimum Gasteiger partial charge on any atom is -0.348 e. The molecule has 0 spiro atoms. The first-order chi connectivity index (χ1) is 18.5. The number of aromatic nitrogens is 4. The number of anilines is 1. The van der Waals surface area contributed by atoms with Gasteiger partial charge in [-0.15, -0.1) is 11.3 Å². The van der Waals surface area contributed by atoms with Gasteiger partial charge in [0.2, 0.25) is 5.95 Å². The van der Waals surface area contributed by atoms with Gasteiger partial charge in [-0.05, 0) is 80.9 Å². The van der Waals surface area contributed by atoms with Crippen LogP contribution in [0.2, 0.25) is 5.02 Å². The van der Waals surface area contributed by atoms with Gasteiger partial charge in [0, 0.05) is 30.5 Å². The van der Waals surface area contributed by atoms with E-state index in [4.69, 9.17) is 16.6 Å². The second kappa shape index (κ2) is 10.5. The minimum absolute atomic E-state index is 0.0756. The standard InChI is InChI=1S/C29H31ClN6OS/c1-33(2)29-32-23-17-22(11-12-25(23)35(29)16-6-15-34-13-4-3-5-14-34)36-19-31-24-18-26(38-27(24)28(36)37)20-7-9-21(30)10-8-20/h7-12,17-19H,3-6,13-16H2,1-2H3. The van der Waals surface area contributed by atoms with Gasteiger partial charge in [0.25, 0.3) is 5.56 Å². The number of fused-ring (bicyclic) bond motifs is 2. The Bertz CT molecular complexity index is 1650. The third kappa shape index (κ3) is 4.84. The number of hydrogen-bond acceptors (Lipinski definition) is 6. The van der Waals surface area contributed by atoms with Crippen molar-refractivity contribution in [1.82, 2.24) is 24.0 Å². The Labute approximate surface area is 230 Å². The molecule has 2 aromatic carbocycles. The summed E-state index contributed by atoms with van der Waals surface area (Å²) in [5.41, 5.74) is 4.38. The number of nitrogens with zero attached hydrogens (tertiary/aromatic N) is 6. The smallest absolute Gasteiger partial charge is 0.275 e. The summed E-state index contributed by atoms with van der Waals surface area (Å²) in [6.45, 7) is 4.46. The molecule has 0 unspecified atom stereocenters. The molecule has 9 heteroatoms. The Morgan fingerprint density at radius 1 is 0.974 bits per heavy atom. The van der Waals surface area contributed by atoms with Crippen molar-refractivity contribution >= 4 is 50.1 Å². The van der Waals surface area contributed by atoms with E-state index in [9.17, 15) is 4.79 Å². The van der Waals surface area contributed by atoms with E-state index in [0.717, 1.165) is 52.6 Å². The molecule has 3 aromatic heterocycles. The molecule has 5 aromatic rings. The predicted molar refractivity (Wildman–Crippen MR) is 158 cm³/mol. The summed E-state index contributed by atoms with van der Waals surface area (Å²) in [5.74, 6) is 0.933. The monoisotopic (exact) mass is 546 g/mol. The van der Waals surface area contributed by atoms with Crippen molar-refractivity contribution in [3.05, 3.63) is 70.2 Å². The van der Waals surface area contributed by atoms with E-state index in [1.807, 2.05) is 56.6 Å². The normalized spacial score (nSPS) is 14.5. The molecule has 0 N–H and O–H groups in total. The van der Waals surface area contributed by atoms with E-state index >= 15 is 0 Å². The first-order valence-corrected chi connectivity index (χ1v) is 14.3. The Kier molecular flexibility index (Phi) is 6.95. The van der Waals surface area contributed by atoms with Gasteiger partial charge in [0.05, 0.1) is 22.2 Å². The summed E-state index contributed by atoms with van der Waals surface area (Å²) >= 11 is 7.50. The van der Waals surface area contributed by atoms with Crippen LogP contribution in [0.4, 0.5) is 5.95 Å². The lowest BCUT2D eigenvalue weighted by atomic mass is 10.1. The fourth-order valence-electron chi connectivity index (χ4n) is 5.31. The minimum atomic E-state index is -0.0756. The lowest BCUT2D eigenvalue weighted by Gasteiger charge is -2.26. The molecule has 0 saturated carbocycles. The summed E-state index contributed by atoms with van der Waals surface area (Å²) < 4.78 is 4.55. The zero-order chi connectivity index (χ0) is 26.2. The molecule has 1 aliphatic heterocycles. The molecule has 7 nitrogen and oxygen atoms in total. The number of hydrogen-bond donors (Lipinski definition) is 0. The van der Waals surface area contributed by atoms with Crippen LogP contribution >= 0.6 is 22.9 Å². The fourth-order valence-corrected chi connectivity index (χ4v) is 6.48. The number of likely N-dealkylation sites (tertiary alicyclic amines) is 1. The van der Waals surface area contributed by atoms with Crippen molar-refractivity contribution in [3.8, 4) is 16.1 Å². The van der Waals surface area contributed by atoms with Gasteiger partial charge in [-0.2, -0.15) is 0 Å². The van der Waals surface area contributed by atoms with Crippen molar-refractivity contribution in [2.45, 2.75) is 32.2 Å². The molecule has 4 heterocycles. The first kappa shape index (κ1) is 25.1. The molecule has 6 rings (SSSR count). The van der Waals surface area contributed by atoms with Crippen LogP contribution in [0.1, 0.15) is 25.7 Å². The highest BCUT2D eigenvalue weighted by Gasteiger charge is 2.16. The zero-order valence-electron chi connectivity index (χ0n) is 21.7. The van der Waals surface area contributed by atoms with Crippen LogP contribution in [-0.4, -0.2) is 57.7 Å². The van der Waals surface area contributed by atoms with Crippen molar-refractivity contribution in [2.24, 2.45) is 0 Å². The largest absolute Gasteiger partial charge is 0.348 e. The summed E-state index contributed by atoms with van der Waals surface area (Å²) in [7, 11) is 4.06. The predicted octanol–water partition coefficient (Wildman–Crippen LogP) is 6.06. The number of thiophene rings is 1. The van der Waals surface area contributed by atoms with Gasteiger partial charge in [-0.1, -0.05) is 30.2 Å². The average Bonchev–Trinajstić information content (AvgIpc) is 3.52. The zero-order valence-corrected chi connectivity index (χ0v) is 23.3. The molecular weight excluding hydrogens is 516 g/mol. The summed E-state index contributed by atoms with van der Waals surface area (Å²) in [4.78, 5) is 28.7. The number of imidazole rings is 1. The van der Waals surface area contributed by atoms with Crippen molar-refractivity contribution in [3.63, 3.8) is 0 Å². The van der Waals surface area contributed by atoms with Crippen LogP contribution < -0.4 is 10.5 Å². The molecule has 0 radical (unpaired) electrons. The summed E-state index contributed by atoms with van der Waals surface area (Å²) in [6.07, 6.45) is 6.69. The molecule has 0 aliphatic carbocycles. The van der Waals surface area contributed by atoms with Gasteiger partial charge >= 0.3 is 0 Å². The highest BCUT2D eigenvalue weighted by Crippen LogP contribution is 2.32. The fraction of sp³-hybridized carbons (Fsp3) is 0.345. The van der Waals surface area contributed by atoms with Gasteiger partial charge in [0.15, 0.2) is 0 Å². The summed E-state index contributed by atoms with van der Waals surface area (Å²) in [6, 6.07) is 15.7. The lowest BCUT2D eigenvalue weighted by molar-refractivity contribution is 0.223. The van der Waals surface area contributed by atoms with Crippen LogP contribution in [0.5, 0.6) is 0 Å². The number of rotatable bonds is 7. The van der Waals surface area contributed by atoms with Gasteiger partial charge < -0.3 is 14.4 Å². The Hall–Kier alpha value is -3.20. The highest BCUT2D eigenvalue weighted by atomic mass is 35.5.